The molecule has 0 amide bonds. The summed E-state index contributed by atoms with van der Waals surface area (Å²) < 4.78 is 1.58. The first-order chi connectivity index (χ1) is 12.1. The molecule has 1 saturated carbocycles. The van der Waals surface area contributed by atoms with Crippen LogP contribution in [0.5, 0.6) is 0 Å². The standard InChI is InChI=1S/C18H23N5O2/c1-21-5-4-13(10-17(21)25)12-22-6-8-23(9-7-22)18-19-15(14-2-3-14)11-16(24)20-18/h4-5,10-11,14H,2-3,6-9,12H2,1H3,(H,19,20,24). The molecule has 7 heteroatoms. The van der Waals surface area contributed by atoms with Gasteiger partial charge in [-0.2, -0.15) is 0 Å². The van der Waals surface area contributed by atoms with Crippen molar-refractivity contribution in [3.8, 4) is 0 Å². The maximum absolute atomic E-state index is 11.9. The first-order valence-corrected chi connectivity index (χ1v) is 8.82. The fourth-order valence-electron chi connectivity index (χ4n) is 3.26. The van der Waals surface area contributed by atoms with Crippen molar-refractivity contribution in [3.63, 3.8) is 0 Å². The third-order valence-electron chi connectivity index (χ3n) is 4.99. The number of aryl methyl sites for hydroxylation is 1. The van der Waals surface area contributed by atoms with E-state index in [2.05, 4.69) is 19.8 Å². The quantitative estimate of drug-likeness (QED) is 0.885. The van der Waals surface area contributed by atoms with Crippen molar-refractivity contribution in [1.82, 2.24) is 19.4 Å². The summed E-state index contributed by atoms with van der Waals surface area (Å²) in [7, 11) is 1.76. The molecule has 0 aromatic carbocycles. The lowest BCUT2D eigenvalue weighted by Gasteiger charge is -2.35. The maximum Gasteiger partial charge on any atom is 0.252 e. The number of anilines is 1. The van der Waals surface area contributed by atoms with E-state index < -0.39 is 0 Å². The fraction of sp³-hybridized carbons (Fsp3) is 0.500. The van der Waals surface area contributed by atoms with Crippen LogP contribution < -0.4 is 16.0 Å². The van der Waals surface area contributed by atoms with E-state index in [0.717, 1.165) is 56.8 Å². The zero-order valence-electron chi connectivity index (χ0n) is 14.4. The minimum absolute atomic E-state index is 0.0230. The average molecular weight is 341 g/mol. The molecule has 0 atom stereocenters. The van der Waals surface area contributed by atoms with E-state index in [4.69, 9.17) is 0 Å². The van der Waals surface area contributed by atoms with Gasteiger partial charge in [0, 0.05) is 64.0 Å². The monoisotopic (exact) mass is 341 g/mol. The highest BCUT2D eigenvalue weighted by Crippen LogP contribution is 2.38. The molecular formula is C18H23N5O2. The van der Waals surface area contributed by atoms with Crippen LogP contribution >= 0.6 is 0 Å². The van der Waals surface area contributed by atoms with Gasteiger partial charge in [-0.05, 0) is 24.5 Å². The smallest absolute Gasteiger partial charge is 0.252 e. The molecule has 1 N–H and O–H groups in total. The molecular weight excluding hydrogens is 318 g/mol. The summed E-state index contributed by atoms with van der Waals surface area (Å²) >= 11 is 0. The molecule has 1 aliphatic heterocycles. The largest absolute Gasteiger partial charge is 0.340 e. The van der Waals surface area contributed by atoms with E-state index in [1.165, 1.54) is 0 Å². The predicted molar refractivity (Wildman–Crippen MR) is 96.0 cm³/mol. The molecule has 0 spiro atoms. The lowest BCUT2D eigenvalue weighted by atomic mass is 10.2. The van der Waals surface area contributed by atoms with Gasteiger partial charge in [-0.1, -0.05) is 0 Å². The van der Waals surface area contributed by atoms with E-state index in [0.29, 0.717) is 11.9 Å². The molecule has 132 valence electrons. The summed E-state index contributed by atoms with van der Waals surface area (Å²) in [5, 5.41) is 0. The summed E-state index contributed by atoms with van der Waals surface area (Å²) in [4.78, 5) is 35.6. The average Bonchev–Trinajstić information content (AvgIpc) is 3.43. The molecule has 0 bridgehead atoms. The Morgan fingerprint density at radius 3 is 2.60 bits per heavy atom. The van der Waals surface area contributed by atoms with Crippen LogP contribution in [0.2, 0.25) is 0 Å². The van der Waals surface area contributed by atoms with Crippen molar-refractivity contribution < 1.29 is 0 Å². The number of nitrogens with zero attached hydrogens (tertiary/aromatic N) is 4. The Morgan fingerprint density at radius 2 is 1.92 bits per heavy atom. The number of rotatable bonds is 4. The maximum atomic E-state index is 11.9. The van der Waals surface area contributed by atoms with Crippen molar-refractivity contribution in [1.29, 1.82) is 0 Å². The molecule has 2 aromatic heterocycles. The number of piperazine rings is 1. The van der Waals surface area contributed by atoms with Gasteiger partial charge in [-0.15, -0.1) is 0 Å². The molecule has 1 aliphatic carbocycles. The summed E-state index contributed by atoms with van der Waals surface area (Å²) in [5.74, 6) is 1.17. The first-order valence-electron chi connectivity index (χ1n) is 8.82. The number of nitrogens with one attached hydrogen (secondary N) is 1. The number of aromatic nitrogens is 3. The van der Waals surface area contributed by atoms with Crippen molar-refractivity contribution in [2.45, 2.75) is 25.3 Å². The number of pyridine rings is 1. The highest BCUT2D eigenvalue weighted by atomic mass is 16.1. The van der Waals surface area contributed by atoms with E-state index in [9.17, 15) is 9.59 Å². The Labute approximate surface area is 145 Å². The van der Waals surface area contributed by atoms with Gasteiger partial charge in [-0.25, -0.2) is 4.98 Å². The molecule has 4 rings (SSSR count). The van der Waals surface area contributed by atoms with Crippen LogP contribution in [0.25, 0.3) is 0 Å². The van der Waals surface area contributed by atoms with Crippen LogP contribution in [0.15, 0.2) is 34.0 Å². The molecule has 7 nitrogen and oxygen atoms in total. The van der Waals surface area contributed by atoms with Gasteiger partial charge in [0.2, 0.25) is 5.95 Å². The third-order valence-corrected chi connectivity index (χ3v) is 4.99. The third kappa shape index (κ3) is 3.66. The van der Waals surface area contributed by atoms with E-state index in [1.54, 1.807) is 23.7 Å². The van der Waals surface area contributed by atoms with Crippen LogP contribution in [-0.2, 0) is 13.6 Å². The van der Waals surface area contributed by atoms with Gasteiger partial charge in [-0.3, -0.25) is 19.5 Å². The van der Waals surface area contributed by atoms with Crippen molar-refractivity contribution in [2.24, 2.45) is 7.05 Å². The van der Waals surface area contributed by atoms with Crippen molar-refractivity contribution >= 4 is 5.95 Å². The predicted octanol–water partition coefficient (Wildman–Crippen LogP) is 0.668. The minimum Gasteiger partial charge on any atom is -0.340 e. The first kappa shape index (κ1) is 16.1. The fourth-order valence-corrected chi connectivity index (χ4v) is 3.26. The normalized spacial score (nSPS) is 18.5. The molecule has 2 fully saturated rings. The zero-order chi connectivity index (χ0) is 17.4. The minimum atomic E-state index is -0.0607. The summed E-state index contributed by atoms with van der Waals surface area (Å²) in [5.41, 5.74) is 1.93. The second kappa shape index (κ2) is 6.48. The van der Waals surface area contributed by atoms with Crippen LogP contribution in [0.1, 0.15) is 30.0 Å². The summed E-state index contributed by atoms with van der Waals surface area (Å²) in [6, 6.07) is 5.32. The number of aromatic amines is 1. The van der Waals surface area contributed by atoms with E-state index >= 15 is 0 Å². The molecule has 3 heterocycles. The topological polar surface area (TPSA) is 74.2 Å². The second-order valence-corrected chi connectivity index (χ2v) is 7.02. The highest BCUT2D eigenvalue weighted by Gasteiger charge is 2.27. The zero-order valence-corrected chi connectivity index (χ0v) is 14.4. The van der Waals surface area contributed by atoms with Crippen molar-refractivity contribution in [3.05, 3.63) is 56.4 Å². The van der Waals surface area contributed by atoms with Gasteiger partial charge in [0.1, 0.15) is 0 Å². The Kier molecular flexibility index (Phi) is 4.17. The van der Waals surface area contributed by atoms with E-state index in [1.807, 2.05) is 12.3 Å². The SMILES string of the molecule is Cn1ccc(CN2CCN(c3nc(C4CC4)cc(=O)[nH]3)CC2)cc1=O. The summed E-state index contributed by atoms with van der Waals surface area (Å²) in [6.45, 7) is 4.18. The van der Waals surface area contributed by atoms with Crippen LogP contribution in [0.4, 0.5) is 5.95 Å². The molecule has 0 unspecified atom stereocenters. The second-order valence-electron chi connectivity index (χ2n) is 7.02. The number of H-pyrrole nitrogens is 1. The number of hydrogen-bond donors (Lipinski definition) is 1. The van der Waals surface area contributed by atoms with Crippen LogP contribution in [0.3, 0.4) is 0 Å². The van der Waals surface area contributed by atoms with Crippen LogP contribution in [0, 0.1) is 0 Å². The Balaban J connectivity index is 1.40. The molecule has 2 aromatic rings. The van der Waals surface area contributed by atoms with E-state index in [-0.39, 0.29) is 11.1 Å². The molecule has 0 radical (unpaired) electrons. The van der Waals surface area contributed by atoms with Gasteiger partial charge < -0.3 is 9.47 Å². The van der Waals surface area contributed by atoms with Gasteiger partial charge in [0.15, 0.2) is 0 Å². The lowest BCUT2D eigenvalue weighted by molar-refractivity contribution is 0.248. The number of hydrogen-bond acceptors (Lipinski definition) is 5. The van der Waals surface area contributed by atoms with Gasteiger partial charge in [0.25, 0.3) is 11.1 Å². The van der Waals surface area contributed by atoms with Crippen molar-refractivity contribution in [2.75, 3.05) is 31.1 Å². The molecule has 25 heavy (non-hydrogen) atoms. The lowest BCUT2D eigenvalue weighted by Crippen LogP contribution is -2.47. The molecule has 1 saturated heterocycles. The summed E-state index contributed by atoms with van der Waals surface area (Å²) in [6.07, 6.45) is 4.09. The Morgan fingerprint density at radius 1 is 1.16 bits per heavy atom. The Bertz CT molecular complexity index is 876. The van der Waals surface area contributed by atoms with Gasteiger partial charge in [0.05, 0.1) is 5.69 Å². The Hall–Kier alpha value is -2.41. The molecule has 2 aliphatic rings. The van der Waals surface area contributed by atoms with Gasteiger partial charge >= 0.3 is 0 Å². The highest BCUT2D eigenvalue weighted by molar-refractivity contribution is 5.33. The van der Waals surface area contributed by atoms with Crippen LogP contribution in [-0.4, -0.2) is 45.6 Å².